The molecule has 0 fully saturated rings. The molecule has 3 aromatic carbocycles. The molecule has 5 rings (SSSR count). The minimum Gasteiger partial charge on any atom is -0.354 e. The van der Waals surface area contributed by atoms with Crippen LogP contribution in [0.4, 0.5) is 0 Å². The highest BCUT2D eigenvalue weighted by molar-refractivity contribution is 6.04. The second-order valence-corrected chi connectivity index (χ2v) is 8.87. The van der Waals surface area contributed by atoms with Gasteiger partial charge in [0.2, 0.25) is 0 Å². The van der Waals surface area contributed by atoms with Gasteiger partial charge in [-0.2, -0.15) is 0 Å². The Hall–Kier alpha value is -3.90. The molecule has 6 heteroatoms. The average Bonchev–Trinajstić information content (AvgIpc) is 3.40. The molecule has 3 atom stereocenters. The number of nitrogens with one attached hydrogen (secondary N) is 2. The molecular formula is C28H28N4O2. The number of hydrogen-bond acceptors (Lipinski definition) is 3. The first kappa shape index (κ1) is 21.9. The number of hydrazine groups is 1. The fourth-order valence-electron chi connectivity index (χ4n) is 5.17. The van der Waals surface area contributed by atoms with Gasteiger partial charge in [0.1, 0.15) is 6.04 Å². The van der Waals surface area contributed by atoms with Crippen LogP contribution in [0.3, 0.4) is 0 Å². The Morgan fingerprint density at radius 3 is 2.44 bits per heavy atom. The largest absolute Gasteiger partial charge is 0.354 e. The first-order valence-corrected chi connectivity index (χ1v) is 11.6. The lowest BCUT2D eigenvalue weighted by Gasteiger charge is -2.36. The van der Waals surface area contributed by atoms with Gasteiger partial charge in [-0.3, -0.25) is 15.0 Å². The number of H-pyrrole nitrogens is 1. The third kappa shape index (κ3) is 3.38. The van der Waals surface area contributed by atoms with Gasteiger partial charge in [-0.25, -0.2) is 5.84 Å². The van der Waals surface area contributed by atoms with Crippen LogP contribution in [0.15, 0.2) is 78.9 Å². The summed E-state index contributed by atoms with van der Waals surface area (Å²) in [6.45, 7) is 4.01. The summed E-state index contributed by atoms with van der Waals surface area (Å²) in [5.74, 6) is 5.01. The van der Waals surface area contributed by atoms with Gasteiger partial charge < -0.3 is 9.88 Å². The van der Waals surface area contributed by atoms with Crippen molar-refractivity contribution in [2.45, 2.75) is 32.4 Å². The van der Waals surface area contributed by atoms with Gasteiger partial charge in [0.05, 0.1) is 11.7 Å². The molecule has 1 aliphatic rings. The van der Waals surface area contributed by atoms with Gasteiger partial charge in [0.25, 0.3) is 11.8 Å². The number of rotatable bonds is 6. The van der Waals surface area contributed by atoms with Crippen molar-refractivity contribution in [1.82, 2.24) is 15.3 Å². The zero-order chi connectivity index (χ0) is 23.8. The third-order valence-corrected chi connectivity index (χ3v) is 6.97. The van der Waals surface area contributed by atoms with Gasteiger partial charge in [0, 0.05) is 22.0 Å². The molecule has 34 heavy (non-hydrogen) atoms. The van der Waals surface area contributed by atoms with E-state index in [1.54, 1.807) is 4.90 Å². The van der Waals surface area contributed by atoms with Gasteiger partial charge in [0.15, 0.2) is 0 Å². The van der Waals surface area contributed by atoms with Crippen molar-refractivity contribution in [2.75, 3.05) is 0 Å². The Balaban J connectivity index is 1.82. The molecule has 2 amide bonds. The van der Waals surface area contributed by atoms with Crippen LogP contribution in [0.25, 0.3) is 22.2 Å². The molecule has 0 aliphatic carbocycles. The summed E-state index contributed by atoms with van der Waals surface area (Å²) in [6.07, 6.45) is 0.727. The Labute approximate surface area is 198 Å². The molecule has 0 bridgehead atoms. The third-order valence-electron chi connectivity index (χ3n) is 6.97. The molecule has 3 unspecified atom stereocenters. The van der Waals surface area contributed by atoms with Crippen molar-refractivity contribution in [3.05, 3.63) is 95.6 Å². The minimum atomic E-state index is -0.711. The van der Waals surface area contributed by atoms with E-state index in [-0.39, 0.29) is 17.7 Å². The van der Waals surface area contributed by atoms with E-state index in [4.69, 9.17) is 5.84 Å². The van der Waals surface area contributed by atoms with E-state index in [0.717, 1.165) is 39.7 Å². The van der Waals surface area contributed by atoms with Crippen molar-refractivity contribution < 1.29 is 9.59 Å². The van der Waals surface area contributed by atoms with E-state index in [9.17, 15) is 9.59 Å². The highest BCUT2D eigenvalue weighted by atomic mass is 16.2. The second kappa shape index (κ2) is 8.80. The molecule has 0 radical (unpaired) electrons. The predicted molar refractivity (Wildman–Crippen MR) is 134 cm³/mol. The standard InChI is InChI=1S/C28H28N4O2/c1-3-17(2)25(27(33)31-29)32-26(19-13-7-8-14-20(19)28(32)34)23-21-15-9-10-16-22(21)30-24(23)18-11-5-4-6-12-18/h4-17,25-26,30H,3,29H2,1-2H3,(H,31,33). The maximum atomic E-state index is 13.9. The molecule has 2 heterocycles. The maximum Gasteiger partial charge on any atom is 0.256 e. The number of para-hydroxylation sites is 1. The van der Waals surface area contributed by atoms with Crippen LogP contribution in [-0.4, -0.2) is 27.7 Å². The summed E-state index contributed by atoms with van der Waals surface area (Å²) in [4.78, 5) is 32.3. The molecule has 1 aliphatic heterocycles. The molecule has 1 aromatic heterocycles. The summed E-state index contributed by atoms with van der Waals surface area (Å²) < 4.78 is 0. The number of carbonyl (C=O) groups excluding carboxylic acids is 2. The molecule has 0 saturated heterocycles. The van der Waals surface area contributed by atoms with Gasteiger partial charge >= 0.3 is 0 Å². The van der Waals surface area contributed by atoms with Crippen LogP contribution in [0.5, 0.6) is 0 Å². The summed E-state index contributed by atoms with van der Waals surface area (Å²) >= 11 is 0. The van der Waals surface area contributed by atoms with Crippen molar-refractivity contribution in [2.24, 2.45) is 11.8 Å². The highest BCUT2D eigenvalue weighted by Gasteiger charge is 2.46. The molecule has 0 saturated carbocycles. The van der Waals surface area contributed by atoms with Crippen LogP contribution in [0, 0.1) is 5.92 Å². The Kier molecular flexibility index (Phi) is 5.67. The number of amides is 2. The topological polar surface area (TPSA) is 91.2 Å². The lowest BCUT2D eigenvalue weighted by Crippen LogP contribution is -2.53. The van der Waals surface area contributed by atoms with Crippen LogP contribution < -0.4 is 11.3 Å². The van der Waals surface area contributed by atoms with Gasteiger partial charge in [-0.1, -0.05) is 87.0 Å². The van der Waals surface area contributed by atoms with E-state index >= 15 is 0 Å². The number of aromatic nitrogens is 1. The zero-order valence-electron chi connectivity index (χ0n) is 19.3. The van der Waals surface area contributed by atoms with Crippen LogP contribution in [-0.2, 0) is 4.79 Å². The Morgan fingerprint density at radius 1 is 1.03 bits per heavy atom. The number of aromatic amines is 1. The van der Waals surface area contributed by atoms with Crippen molar-refractivity contribution in [1.29, 1.82) is 0 Å². The smallest absolute Gasteiger partial charge is 0.256 e. The van der Waals surface area contributed by atoms with Crippen molar-refractivity contribution in [3.63, 3.8) is 0 Å². The lowest BCUT2D eigenvalue weighted by molar-refractivity contribution is -0.127. The number of carbonyl (C=O) groups is 2. The SMILES string of the molecule is CCC(C)C(C(=O)NN)N1C(=O)c2ccccc2C1c1c(-c2ccccc2)[nH]c2ccccc12. The van der Waals surface area contributed by atoms with E-state index in [0.29, 0.717) is 5.56 Å². The highest BCUT2D eigenvalue weighted by Crippen LogP contribution is 2.47. The summed E-state index contributed by atoms with van der Waals surface area (Å²) in [6, 6.07) is 24.7. The van der Waals surface area contributed by atoms with E-state index in [1.807, 2.05) is 74.5 Å². The van der Waals surface area contributed by atoms with Crippen LogP contribution >= 0.6 is 0 Å². The molecule has 0 spiro atoms. The number of hydrogen-bond donors (Lipinski definition) is 3. The fraction of sp³-hybridized carbons (Fsp3) is 0.214. The van der Waals surface area contributed by atoms with Gasteiger partial charge in [-0.05, 0) is 29.2 Å². The number of fused-ring (bicyclic) bond motifs is 2. The summed E-state index contributed by atoms with van der Waals surface area (Å²) in [7, 11) is 0. The minimum absolute atomic E-state index is 0.0882. The van der Waals surface area contributed by atoms with E-state index < -0.39 is 12.1 Å². The molecular weight excluding hydrogens is 424 g/mol. The molecule has 4 N–H and O–H groups in total. The zero-order valence-corrected chi connectivity index (χ0v) is 19.3. The quantitative estimate of drug-likeness (QED) is 0.223. The second-order valence-electron chi connectivity index (χ2n) is 8.87. The molecule has 4 aromatic rings. The predicted octanol–water partition coefficient (Wildman–Crippen LogP) is 4.78. The summed E-state index contributed by atoms with van der Waals surface area (Å²) in [5.41, 5.74) is 7.76. The number of benzene rings is 3. The first-order valence-electron chi connectivity index (χ1n) is 11.6. The molecule has 172 valence electrons. The fourth-order valence-corrected chi connectivity index (χ4v) is 5.17. The van der Waals surface area contributed by atoms with Crippen LogP contribution in [0.2, 0.25) is 0 Å². The number of nitrogens with two attached hydrogens (primary N) is 1. The van der Waals surface area contributed by atoms with Crippen molar-refractivity contribution >= 4 is 22.7 Å². The van der Waals surface area contributed by atoms with E-state index in [1.165, 1.54) is 0 Å². The van der Waals surface area contributed by atoms with Crippen molar-refractivity contribution in [3.8, 4) is 11.3 Å². The number of nitrogens with zero attached hydrogens (tertiary/aromatic N) is 1. The Bertz CT molecular complexity index is 1360. The Morgan fingerprint density at radius 2 is 1.71 bits per heavy atom. The lowest BCUT2D eigenvalue weighted by atomic mass is 9.90. The monoisotopic (exact) mass is 452 g/mol. The normalized spacial score (nSPS) is 17.0. The first-order chi connectivity index (χ1) is 16.6. The van der Waals surface area contributed by atoms with E-state index in [2.05, 4.69) is 28.6 Å². The average molecular weight is 453 g/mol. The van der Waals surface area contributed by atoms with Gasteiger partial charge in [-0.15, -0.1) is 0 Å². The summed E-state index contributed by atoms with van der Waals surface area (Å²) in [5, 5.41) is 1.02. The van der Waals surface area contributed by atoms with Crippen LogP contribution in [0.1, 0.15) is 47.8 Å². The molecule has 6 nitrogen and oxygen atoms in total. The maximum absolute atomic E-state index is 13.9.